The van der Waals surface area contributed by atoms with Gasteiger partial charge in [0, 0.05) is 12.2 Å². The van der Waals surface area contributed by atoms with E-state index in [0.717, 1.165) is 31.7 Å². The molecule has 1 saturated carbocycles. The van der Waals surface area contributed by atoms with Gasteiger partial charge in [0.15, 0.2) is 0 Å². The van der Waals surface area contributed by atoms with Gasteiger partial charge in [0.2, 0.25) is 5.95 Å². The van der Waals surface area contributed by atoms with Crippen LogP contribution in [-0.2, 0) is 4.74 Å². The molecule has 5 heteroatoms. The molecule has 18 heavy (non-hydrogen) atoms. The van der Waals surface area contributed by atoms with Crippen molar-refractivity contribution < 1.29 is 4.74 Å². The first-order valence-corrected chi connectivity index (χ1v) is 6.42. The fraction of sp³-hybridized carbons (Fsp3) is 0.615. The molecule has 1 saturated heterocycles. The molecule has 1 aromatic heterocycles. The Morgan fingerprint density at radius 2 is 2.33 bits per heavy atom. The average Bonchev–Trinajstić information content (AvgIpc) is 2.85. The molecule has 2 heterocycles. The maximum Gasteiger partial charge on any atom is 0.227 e. The summed E-state index contributed by atoms with van der Waals surface area (Å²) in [5.41, 5.74) is 1.29. The van der Waals surface area contributed by atoms with Gasteiger partial charge in [-0.15, -0.1) is 0 Å². The number of morpholine rings is 1. The molecule has 0 aromatic carbocycles. The van der Waals surface area contributed by atoms with Gasteiger partial charge < -0.3 is 9.64 Å². The Labute approximate surface area is 106 Å². The van der Waals surface area contributed by atoms with E-state index >= 15 is 0 Å². The van der Waals surface area contributed by atoms with E-state index in [4.69, 9.17) is 10.00 Å². The van der Waals surface area contributed by atoms with Crippen LogP contribution in [0.3, 0.4) is 0 Å². The molecule has 1 aliphatic heterocycles. The lowest BCUT2D eigenvalue weighted by atomic mass is 10.1. The van der Waals surface area contributed by atoms with Crippen LogP contribution in [-0.4, -0.2) is 35.3 Å². The van der Waals surface area contributed by atoms with Gasteiger partial charge >= 0.3 is 0 Å². The van der Waals surface area contributed by atoms with Crippen molar-refractivity contribution in [3.05, 3.63) is 17.5 Å². The SMILES string of the molecule is Cc1cc(C#N)nc(N2CCOC3CCCC32)n1. The van der Waals surface area contributed by atoms with Gasteiger partial charge in [-0.3, -0.25) is 0 Å². The van der Waals surface area contributed by atoms with E-state index < -0.39 is 0 Å². The van der Waals surface area contributed by atoms with Crippen LogP contribution in [0.15, 0.2) is 6.07 Å². The Kier molecular flexibility index (Phi) is 2.88. The number of hydrogen-bond acceptors (Lipinski definition) is 5. The van der Waals surface area contributed by atoms with E-state index in [1.807, 2.05) is 6.92 Å². The Balaban J connectivity index is 1.94. The van der Waals surface area contributed by atoms with Crippen molar-refractivity contribution >= 4 is 5.95 Å². The molecule has 1 aromatic rings. The molecular weight excluding hydrogens is 228 g/mol. The lowest BCUT2D eigenvalue weighted by Crippen LogP contribution is -2.49. The summed E-state index contributed by atoms with van der Waals surface area (Å²) in [6.07, 6.45) is 3.76. The Morgan fingerprint density at radius 1 is 1.44 bits per heavy atom. The number of nitriles is 1. The summed E-state index contributed by atoms with van der Waals surface area (Å²) in [6.45, 7) is 3.44. The zero-order valence-corrected chi connectivity index (χ0v) is 10.5. The molecule has 5 nitrogen and oxygen atoms in total. The second-order valence-corrected chi connectivity index (χ2v) is 4.91. The summed E-state index contributed by atoms with van der Waals surface area (Å²) < 4.78 is 5.78. The molecule has 1 aliphatic carbocycles. The standard InChI is InChI=1S/C13H16N4O/c1-9-7-10(8-14)16-13(15-9)17-5-6-18-12-4-2-3-11(12)17/h7,11-12H,2-6H2,1H3. The minimum absolute atomic E-state index is 0.313. The second kappa shape index (κ2) is 4.54. The van der Waals surface area contributed by atoms with Crippen LogP contribution in [0, 0.1) is 18.3 Å². The van der Waals surface area contributed by atoms with E-state index in [9.17, 15) is 0 Å². The average molecular weight is 244 g/mol. The van der Waals surface area contributed by atoms with E-state index in [1.54, 1.807) is 6.07 Å². The molecule has 0 radical (unpaired) electrons. The quantitative estimate of drug-likeness (QED) is 0.747. The van der Waals surface area contributed by atoms with E-state index in [0.29, 0.717) is 23.8 Å². The van der Waals surface area contributed by atoms with Crippen molar-refractivity contribution in [1.29, 1.82) is 5.26 Å². The minimum atomic E-state index is 0.313. The first kappa shape index (κ1) is 11.4. The Hall–Kier alpha value is -1.67. The van der Waals surface area contributed by atoms with Gasteiger partial charge in [0.1, 0.15) is 11.8 Å². The van der Waals surface area contributed by atoms with Crippen LogP contribution >= 0.6 is 0 Å². The highest BCUT2D eigenvalue weighted by atomic mass is 16.5. The lowest BCUT2D eigenvalue weighted by molar-refractivity contribution is 0.0249. The molecular formula is C13H16N4O. The molecule has 2 atom stereocenters. The van der Waals surface area contributed by atoms with Crippen LogP contribution in [0.2, 0.25) is 0 Å². The number of aromatic nitrogens is 2. The van der Waals surface area contributed by atoms with Crippen LogP contribution in [0.25, 0.3) is 0 Å². The topological polar surface area (TPSA) is 62.0 Å². The zero-order chi connectivity index (χ0) is 12.5. The summed E-state index contributed by atoms with van der Waals surface area (Å²) in [7, 11) is 0. The number of aryl methyl sites for hydroxylation is 1. The zero-order valence-electron chi connectivity index (χ0n) is 10.5. The van der Waals surface area contributed by atoms with Crippen molar-refractivity contribution in [2.75, 3.05) is 18.1 Å². The molecule has 0 N–H and O–H groups in total. The van der Waals surface area contributed by atoms with Gasteiger partial charge in [0.05, 0.1) is 18.8 Å². The number of anilines is 1. The van der Waals surface area contributed by atoms with Crippen molar-refractivity contribution in [3.63, 3.8) is 0 Å². The molecule has 3 rings (SSSR count). The molecule has 0 amide bonds. The third kappa shape index (κ3) is 1.93. The normalized spacial score (nSPS) is 26.8. The van der Waals surface area contributed by atoms with Crippen molar-refractivity contribution in [2.45, 2.75) is 38.3 Å². The molecule has 2 aliphatic rings. The number of nitrogens with zero attached hydrogens (tertiary/aromatic N) is 4. The predicted octanol–water partition coefficient (Wildman–Crippen LogP) is 1.41. The van der Waals surface area contributed by atoms with Crippen molar-refractivity contribution in [1.82, 2.24) is 9.97 Å². The third-order valence-corrected chi connectivity index (χ3v) is 3.70. The minimum Gasteiger partial charge on any atom is -0.374 e. The molecule has 0 spiro atoms. The largest absolute Gasteiger partial charge is 0.374 e. The summed E-state index contributed by atoms with van der Waals surface area (Å²) in [6, 6.07) is 4.20. The van der Waals surface area contributed by atoms with E-state index in [2.05, 4.69) is 20.9 Å². The highest BCUT2D eigenvalue weighted by Gasteiger charge is 2.37. The second-order valence-electron chi connectivity index (χ2n) is 4.91. The van der Waals surface area contributed by atoms with Crippen LogP contribution < -0.4 is 4.90 Å². The van der Waals surface area contributed by atoms with Gasteiger partial charge in [-0.05, 0) is 32.3 Å². The summed E-state index contributed by atoms with van der Waals surface area (Å²) >= 11 is 0. The summed E-state index contributed by atoms with van der Waals surface area (Å²) in [4.78, 5) is 11.0. The molecule has 2 unspecified atom stereocenters. The smallest absolute Gasteiger partial charge is 0.227 e. The highest BCUT2D eigenvalue weighted by Crippen LogP contribution is 2.31. The Bertz CT molecular complexity index is 496. The van der Waals surface area contributed by atoms with E-state index in [-0.39, 0.29) is 0 Å². The van der Waals surface area contributed by atoms with Crippen LogP contribution in [0.4, 0.5) is 5.95 Å². The van der Waals surface area contributed by atoms with Crippen molar-refractivity contribution in [3.8, 4) is 6.07 Å². The van der Waals surface area contributed by atoms with Gasteiger partial charge in [-0.25, -0.2) is 9.97 Å². The monoisotopic (exact) mass is 244 g/mol. The molecule has 94 valence electrons. The predicted molar refractivity (Wildman–Crippen MR) is 66.2 cm³/mol. The Morgan fingerprint density at radius 3 is 3.17 bits per heavy atom. The number of rotatable bonds is 1. The third-order valence-electron chi connectivity index (χ3n) is 3.70. The first-order chi connectivity index (χ1) is 8.78. The molecule has 2 fully saturated rings. The molecule has 0 bridgehead atoms. The van der Waals surface area contributed by atoms with Crippen LogP contribution in [0.5, 0.6) is 0 Å². The van der Waals surface area contributed by atoms with Gasteiger partial charge in [0.25, 0.3) is 0 Å². The fourth-order valence-corrected chi connectivity index (χ4v) is 2.91. The maximum absolute atomic E-state index is 8.99. The lowest BCUT2D eigenvalue weighted by Gasteiger charge is -2.37. The highest BCUT2D eigenvalue weighted by molar-refractivity contribution is 5.38. The number of fused-ring (bicyclic) bond motifs is 1. The number of hydrogen-bond donors (Lipinski definition) is 0. The number of ether oxygens (including phenoxy) is 1. The summed E-state index contributed by atoms with van der Waals surface area (Å²) in [5.74, 6) is 0.687. The maximum atomic E-state index is 8.99. The van der Waals surface area contributed by atoms with Crippen molar-refractivity contribution in [2.24, 2.45) is 0 Å². The summed E-state index contributed by atoms with van der Waals surface area (Å²) in [5, 5.41) is 8.99. The van der Waals surface area contributed by atoms with Crippen LogP contribution in [0.1, 0.15) is 30.7 Å². The first-order valence-electron chi connectivity index (χ1n) is 6.42. The van der Waals surface area contributed by atoms with E-state index in [1.165, 1.54) is 6.42 Å². The van der Waals surface area contributed by atoms with Gasteiger partial charge in [-0.1, -0.05) is 0 Å². The fourth-order valence-electron chi connectivity index (χ4n) is 2.91. The van der Waals surface area contributed by atoms with Gasteiger partial charge in [-0.2, -0.15) is 5.26 Å².